The average molecular weight is 670 g/mol. The van der Waals surface area contributed by atoms with Crippen molar-refractivity contribution in [1.29, 1.82) is 0 Å². The van der Waals surface area contributed by atoms with Crippen molar-refractivity contribution in [2.24, 2.45) is 0 Å². The molecule has 33 heavy (non-hydrogen) atoms. The largest absolute Gasteiger partial charge is 0.506 e. The third-order valence-corrected chi connectivity index (χ3v) is 6.71. The minimum absolute atomic E-state index is 0.104. The number of phenolic OH excluding ortho intramolecular Hbond substituents is 1. The van der Waals surface area contributed by atoms with Crippen molar-refractivity contribution in [3.63, 3.8) is 0 Å². The molecule has 3 N–H and O–H groups in total. The summed E-state index contributed by atoms with van der Waals surface area (Å²) in [6.45, 7) is 3.95. The Morgan fingerprint density at radius 3 is 2.15 bits per heavy atom. The number of amides is 2. The molecular formula is C25H24I2N2O4. The van der Waals surface area contributed by atoms with Crippen LogP contribution in [0.4, 0.5) is 10.5 Å². The van der Waals surface area contributed by atoms with Gasteiger partial charge in [-0.3, -0.25) is 4.79 Å². The van der Waals surface area contributed by atoms with Gasteiger partial charge < -0.3 is 20.5 Å². The molecule has 0 spiro atoms. The van der Waals surface area contributed by atoms with Crippen LogP contribution in [0.3, 0.4) is 0 Å². The van der Waals surface area contributed by atoms with Gasteiger partial charge in [-0.15, -0.1) is 0 Å². The summed E-state index contributed by atoms with van der Waals surface area (Å²) in [5.41, 5.74) is 4.25. The zero-order valence-electron chi connectivity index (χ0n) is 18.2. The first kappa shape index (κ1) is 25.3. The molecule has 3 rings (SSSR count). The maximum Gasteiger partial charge on any atom is 0.408 e. The molecule has 0 radical (unpaired) electrons. The first-order valence-electron chi connectivity index (χ1n) is 10.3. The monoisotopic (exact) mass is 670 g/mol. The third kappa shape index (κ3) is 7.07. The number of para-hydroxylation sites is 1. The summed E-state index contributed by atoms with van der Waals surface area (Å²) < 4.78 is 6.69. The molecule has 0 unspecified atom stereocenters. The molecule has 8 heteroatoms. The Morgan fingerprint density at radius 2 is 1.55 bits per heavy atom. The molecule has 0 fully saturated rings. The van der Waals surface area contributed by atoms with Crippen LogP contribution in [0.5, 0.6) is 5.75 Å². The molecule has 6 nitrogen and oxygen atoms in total. The molecule has 1 atom stereocenters. The molecule has 2 amide bonds. The number of rotatable bonds is 7. The van der Waals surface area contributed by atoms with Gasteiger partial charge in [0.1, 0.15) is 18.4 Å². The number of aromatic hydroxyl groups is 1. The summed E-state index contributed by atoms with van der Waals surface area (Å²) in [4.78, 5) is 25.8. The van der Waals surface area contributed by atoms with E-state index in [0.717, 1.165) is 27.9 Å². The number of ether oxygens (including phenoxy) is 1. The Labute approximate surface area is 220 Å². The van der Waals surface area contributed by atoms with E-state index >= 15 is 0 Å². The summed E-state index contributed by atoms with van der Waals surface area (Å²) in [6.07, 6.45) is -0.438. The second kappa shape index (κ2) is 11.7. The predicted molar refractivity (Wildman–Crippen MR) is 145 cm³/mol. The summed E-state index contributed by atoms with van der Waals surface area (Å²) in [5, 5.41) is 15.7. The maximum absolute atomic E-state index is 13.2. The summed E-state index contributed by atoms with van der Waals surface area (Å²) in [5.74, 6) is -0.145. The van der Waals surface area contributed by atoms with Crippen molar-refractivity contribution in [2.45, 2.75) is 32.9 Å². The highest BCUT2D eigenvalue weighted by molar-refractivity contribution is 14.1. The Bertz CT molecular complexity index is 1110. The van der Waals surface area contributed by atoms with Crippen LogP contribution in [-0.4, -0.2) is 23.1 Å². The number of phenols is 1. The van der Waals surface area contributed by atoms with E-state index in [-0.39, 0.29) is 24.7 Å². The Hall–Kier alpha value is -2.34. The minimum Gasteiger partial charge on any atom is -0.506 e. The van der Waals surface area contributed by atoms with Crippen LogP contribution in [0.1, 0.15) is 22.3 Å². The van der Waals surface area contributed by atoms with Crippen molar-refractivity contribution in [1.82, 2.24) is 5.32 Å². The van der Waals surface area contributed by atoms with E-state index in [4.69, 9.17) is 4.74 Å². The predicted octanol–water partition coefficient (Wildman–Crippen LogP) is 5.69. The summed E-state index contributed by atoms with van der Waals surface area (Å²) in [7, 11) is 0. The van der Waals surface area contributed by atoms with Crippen molar-refractivity contribution in [2.75, 3.05) is 5.32 Å². The second-order valence-corrected chi connectivity index (χ2v) is 9.95. The summed E-state index contributed by atoms with van der Waals surface area (Å²) >= 11 is 4.09. The van der Waals surface area contributed by atoms with Crippen molar-refractivity contribution in [3.8, 4) is 5.75 Å². The molecule has 3 aromatic rings. The fraction of sp³-hybridized carbons (Fsp3) is 0.200. The van der Waals surface area contributed by atoms with Gasteiger partial charge in [0.25, 0.3) is 0 Å². The van der Waals surface area contributed by atoms with E-state index in [2.05, 4.69) is 10.6 Å². The number of nitrogens with one attached hydrogen (secondary N) is 2. The lowest BCUT2D eigenvalue weighted by Gasteiger charge is -2.20. The van der Waals surface area contributed by atoms with Gasteiger partial charge in [0.05, 0.1) is 7.14 Å². The highest BCUT2D eigenvalue weighted by Crippen LogP contribution is 2.28. The number of hydrogen-bond acceptors (Lipinski definition) is 4. The van der Waals surface area contributed by atoms with Gasteiger partial charge in [0.2, 0.25) is 5.91 Å². The van der Waals surface area contributed by atoms with E-state index in [1.807, 2.05) is 108 Å². The number of hydrogen-bond donors (Lipinski definition) is 3. The highest BCUT2D eigenvalue weighted by atomic mass is 127. The van der Waals surface area contributed by atoms with Crippen LogP contribution >= 0.6 is 45.2 Å². The van der Waals surface area contributed by atoms with Crippen molar-refractivity contribution in [3.05, 3.63) is 90.1 Å². The lowest BCUT2D eigenvalue weighted by Crippen LogP contribution is -2.45. The molecule has 0 heterocycles. The molecule has 0 saturated heterocycles. The Morgan fingerprint density at radius 1 is 0.939 bits per heavy atom. The maximum atomic E-state index is 13.2. The van der Waals surface area contributed by atoms with E-state index in [0.29, 0.717) is 7.14 Å². The zero-order chi connectivity index (χ0) is 24.0. The van der Waals surface area contributed by atoms with Gasteiger partial charge in [-0.1, -0.05) is 48.5 Å². The molecular weight excluding hydrogens is 646 g/mol. The number of anilines is 1. The number of alkyl carbamates (subject to hydrolysis) is 1. The lowest BCUT2D eigenvalue weighted by atomic mass is 10.0. The molecule has 0 bridgehead atoms. The fourth-order valence-corrected chi connectivity index (χ4v) is 5.21. The number of aryl methyl sites for hydroxylation is 2. The molecule has 0 aliphatic rings. The molecule has 0 aliphatic heterocycles. The number of carbonyl (C=O) groups is 2. The third-order valence-electron chi connectivity index (χ3n) is 5.07. The van der Waals surface area contributed by atoms with E-state index < -0.39 is 12.1 Å². The van der Waals surface area contributed by atoms with E-state index in [9.17, 15) is 14.7 Å². The standard InChI is InChI=1S/C25H24I2N2O4/c1-15-7-6-8-16(2)22(15)29-24(31)21(13-18-11-19(26)23(30)20(27)12-18)28-25(32)33-14-17-9-4-3-5-10-17/h3-12,21,30H,13-14H2,1-2H3,(H,28,32)(H,29,31)/t21-/m1/s1. The van der Waals surface area contributed by atoms with Gasteiger partial charge in [0, 0.05) is 12.1 Å². The van der Waals surface area contributed by atoms with Crippen LogP contribution in [-0.2, 0) is 22.6 Å². The summed E-state index contributed by atoms with van der Waals surface area (Å²) in [6, 6.07) is 17.8. The minimum atomic E-state index is -0.872. The number of benzene rings is 3. The zero-order valence-corrected chi connectivity index (χ0v) is 22.5. The van der Waals surface area contributed by atoms with Crippen molar-refractivity contribution < 1.29 is 19.4 Å². The number of halogens is 2. The Balaban J connectivity index is 1.79. The molecule has 3 aromatic carbocycles. The first-order valence-corrected chi connectivity index (χ1v) is 12.4. The van der Waals surface area contributed by atoms with E-state index in [1.54, 1.807) is 12.1 Å². The van der Waals surface area contributed by atoms with Crippen molar-refractivity contribution >= 4 is 62.9 Å². The fourth-order valence-electron chi connectivity index (χ4n) is 3.31. The van der Waals surface area contributed by atoms with Crippen LogP contribution in [0, 0.1) is 21.0 Å². The van der Waals surface area contributed by atoms with Crippen LogP contribution in [0.25, 0.3) is 0 Å². The topological polar surface area (TPSA) is 87.7 Å². The average Bonchev–Trinajstić information content (AvgIpc) is 2.78. The highest BCUT2D eigenvalue weighted by Gasteiger charge is 2.24. The van der Waals surface area contributed by atoms with Crippen LogP contribution in [0.2, 0.25) is 0 Å². The molecule has 172 valence electrons. The first-order chi connectivity index (χ1) is 15.7. The lowest BCUT2D eigenvalue weighted by molar-refractivity contribution is -0.118. The quantitative estimate of drug-likeness (QED) is 0.282. The molecule has 0 aromatic heterocycles. The Kier molecular flexibility index (Phi) is 8.95. The van der Waals surface area contributed by atoms with Gasteiger partial charge in [-0.2, -0.15) is 0 Å². The van der Waals surface area contributed by atoms with Gasteiger partial charge in [-0.25, -0.2) is 4.79 Å². The number of carbonyl (C=O) groups excluding carboxylic acids is 2. The SMILES string of the molecule is Cc1cccc(C)c1NC(=O)[C@@H](Cc1cc(I)c(O)c(I)c1)NC(=O)OCc1ccccc1. The smallest absolute Gasteiger partial charge is 0.408 e. The van der Waals surface area contributed by atoms with E-state index in [1.165, 1.54) is 0 Å². The van der Waals surface area contributed by atoms with Gasteiger partial charge >= 0.3 is 6.09 Å². The van der Waals surface area contributed by atoms with Gasteiger partial charge in [0.15, 0.2) is 0 Å². The normalized spacial score (nSPS) is 11.5. The molecule has 0 saturated carbocycles. The second-order valence-electron chi connectivity index (χ2n) is 7.63. The van der Waals surface area contributed by atoms with Gasteiger partial charge in [-0.05, 0) is 93.4 Å². The van der Waals surface area contributed by atoms with Crippen LogP contribution in [0.15, 0.2) is 60.7 Å². The molecule has 0 aliphatic carbocycles. The van der Waals surface area contributed by atoms with Crippen LogP contribution < -0.4 is 10.6 Å².